The van der Waals surface area contributed by atoms with Crippen LogP contribution in [0.3, 0.4) is 0 Å². The fraction of sp³-hybridized carbons (Fsp3) is 0.903. The molecule has 2 aliphatic heterocycles. The van der Waals surface area contributed by atoms with Crippen molar-refractivity contribution < 1.29 is 64.6 Å². The number of hydrogen-bond donors (Lipinski definition) is 8. The van der Waals surface area contributed by atoms with Crippen molar-refractivity contribution >= 4 is 5.97 Å². The van der Waals surface area contributed by atoms with Crippen molar-refractivity contribution in [3.63, 3.8) is 0 Å². The maximum Gasteiger partial charge on any atom is 0.378 e. The van der Waals surface area contributed by atoms with Gasteiger partial charge in [-0.25, -0.2) is 4.79 Å². The lowest BCUT2D eigenvalue weighted by Gasteiger charge is -2.39. The monoisotopic (exact) mass is 636 g/mol. The summed E-state index contributed by atoms with van der Waals surface area (Å²) < 4.78 is 22.2. The summed E-state index contributed by atoms with van der Waals surface area (Å²) in [5, 5.41) is 80.3. The fourth-order valence-electron chi connectivity index (χ4n) is 5.64. The van der Waals surface area contributed by atoms with Gasteiger partial charge in [-0.2, -0.15) is 0 Å². The Morgan fingerprint density at radius 2 is 1.32 bits per heavy atom. The van der Waals surface area contributed by atoms with E-state index in [2.05, 4.69) is 6.92 Å². The van der Waals surface area contributed by atoms with Gasteiger partial charge in [-0.3, -0.25) is 0 Å². The van der Waals surface area contributed by atoms with Crippen molar-refractivity contribution in [3.05, 3.63) is 11.5 Å². The molecule has 0 aromatic rings. The summed E-state index contributed by atoms with van der Waals surface area (Å²) in [7, 11) is 0. The zero-order valence-corrected chi connectivity index (χ0v) is 26.1. The average Bonchev–Trinajstić information content (AvgIpc) is 3.28. The van der Waals surface area contributed by atoms with Crippen LogP contribution in [0.1, 0.15) is 103 Å². The Morgan fingerprint density at radius 1 is 0.773 bits per heavy atom. The predicted molar refractivity (Wildman–Crippen MR) is 158 cm³/mol. The topological polar surface area (TPSA) is 216 Å². The van der Waals surface area contributed by atoms with Crippen LogP contribution in [0.2, 0.25) is 0 Å². The Morgan fingerprint density at radius 3 is 1.82 bits per heavy atom. The molecule has 8 atom stereocenters. The molecule has 0 saturated carbocycles. The maximum absolute atomic E-state index is 13.0. The minimum Gasteiger partial charge on any atom is -0.490 e. The summed E-state index contributed by atoms with van der Waals surface area (Å²) in [6.45, 7) is -0.0916. The lowest BCUT2D eigenvalue weighted by molar-refractivity contribution is -0.291. The first kappa shape index (κ1) is 38.6. The van der Waals surface area contributed by atoms with E-state index >= 15 is 0 Å². The molecular formula is C31H56O13. The van der Waals surface area contributed by atoms with Gasteiger partial charge < -0.3 is 59.8 Å². The van der Waals surface area contributed by atoms with Gasteiger partial charge in [0.05, 0.1) is 32.5 Å². The van der Waals surface area contributed by atoms with Gasteiger partial charge in [-0.05, 0) is 6.42 Å². The molecule has 0 radical (unpaired) electrons. The van der Waals surface area contributed by atoms with Crippen molar-refractivity contribution in [2.24, 2.45) is 0 Å². The van der Waals surface area contributed by atoms with Gasteiger partial charge in [0.1, 0.15) is 30.5 Å². The molecular weight excluding hydrogens is 580 g/mol. The molecule has 2 unspecified atom stereocenters. The Kier molecular flexibility index (Phi) is 18.0. The van der Waals surface area contributed by atoms with E-state index in [0.29, 0.717) is 6.42 Å². The number of carbonyl (C=O) groups excluding carboxylic acids is 1. The van der Waals surface area contributed by atoms with Gasteiger partial charge in [0, 0.05) is 6.42 Å². The predicted octanol–water partition coefficient (Wildman–Crippen LogP) is 0.905. The van der Waals surface area contributed by atoms with Crippen molar-refractivity contribution in [3.8, 4) is 0 Å². The Labute approximate surface area is 260 Å². The molecule has 2 rings (SSSR count). The van der Waals surface area contributed by atoms with Crippen LogP contribution >= 0.6 is 0 Å². The van der Waals surface area contributed by atoms with Gasteiger partial charge in [0.15, 0.2) is 5.76 Å². The zero-order chi connectivity index (χ0) is 32.5. The molecule has 13 nitrogen and oxygen atoms in total. The van der Waals surface area contributed by atoms with Crippen LogP contribution in [0.25, 0.3) is 0 Å². The second kappa shape index (κ2) is 20.5. The number of rotatable bonds is 24. The molecule has 2 aliphatic rings. The number of unbranched alkanes of at least 4 members (excludes halogenated alkanes) is 13. The fourth-order valence-corrected chi connectivity index (χ4v) is 5.64. The molecule has 8 N–H and O–H groups in total. The van der Waals surface area contributed by atoms with Crippen molar-refractivity contribution in [1.82, 2.24) is 0 Å². The summed E-state index contributed by atoms with van der Waals surface area (Å²) in [5.41, 5.74) is -2.13. The number of hydrogen-bond acceptors (Lipinski definition) is 13. The quantitative estimate of drug-likeness (QED) is 0.0547. The van der Waals surface area contributed by atoms with Gasteiger partial charge in [-0.15, -0.1) is 0 Å². The average molecular weight is 637 g/mol. The molecule has 1 saturated heterocycles. The highest BCUT2D eigenvalue weighted by molar-refractivity contribution is 5.90. The molecule has 44 heavy (non-hydrogen) atoms. The number of esters is 1. The van der Waals surface area contributed by atoms with E-state index in [4.69, 9.17) is 18.9 Å². The van der Waals surface area contributed by atoms with Crippen LogP contribution in [0, 0.1) is 0 Å². The van der Waals surface area contributed by atoms with Crippen LogP contribution in [0.15, 0.2) is 11.5 Å². The third kappa shape index (κ3) is 11.1. The lowest BCUT2D eigenvalue weighted by atomic mass is 9.88. The molecule has 0 aromatic heterocycles. The molecule has 1 fully saturated rings. The third-order valence-electron chi connectivity index (χ3n) is 8.34. The molecule has 13 heteroatoms. The van der Waals surface area contributed by atoms with Crippen LogP contribution in [0.4, 0.5) is 0 Å². The minimum absolute atomic E-state index is 0.0562. The van der Waals surface area contributed by atoms with E-state index < -0.39 is 86.5 Å². The highest BCUT2D eigenvalue weighted by Crippen LogP contribution is 2.42. The molecule has 2 heterocycles. The molecule has 258 valence electrons. The van der Waals surface area contributed by atoms with E-state index in [-0.39, 0.29) is 12.4 Å². The highest BCUT2D eigenvalue weighted by atomic mass is 16.7. The Hall–Kier alpha value is -1.55. The zero-order valence-electron chi connectivity index (χ0n) is 26.1. The van der Waals surface area contributed by atoms with E-state index in [1.807, 2.05) is 0 Å². The first-order valence-corrected chi connectivity index (χ1v) is 16.3. The SMILES string of the molecule is CCCCCCCCCCCCCCCCOC1=C(OC2O[C@H](CO)[C@@H](O)[C@H](O)[C@H]2O)C(=O)O[C@]1(CC(O)CO)[C@@H](O)CO. The molecule has 0 aromatic carbocycles. The second-order valence-corrected chi connectivity index (χ2v) is 11.9. The third-order valence-corrected chi connectivity index (χ3v) is 8.34. The second-order valence-electron chi connectivity index (χ2n) is 11.9. The van der Waals surface area contributed by atoms with Crippen LogP contribution in [-0.4, -0.2) is 122 Å². The van der Waals surface area contributed by atoms with Crippen LogP contribution in [-0.2, 0) is 23.7 Å². The molecule has 0 bridgehead atoms. The highest BCUT2D eigenvalue weighted by Gasteiger charge is 2.58. The van der Waals surface area contributed by atoms with E-state index in [1.54, 1.807) is 0 Å². The largest absolute Gasteiger partial charge is 0.490 e. The minimum atomic E-state index is -2.13. The maximum atomic E-state index is 13.0. The number of ether oxygens (including phenoxy) is 4. The normalized spacial score (nSPS) is 28.7. The molecule has 0 spiro atoms. The number of aliphatic hydroxyl groups excluding tert-OH is 8. The van der Waals surface area contributed by atoms with E-state index in [1.165, 1.54) is 57.8 Å². The molecule has 0 aliphatic carbocycles. The first-order valence-electron chi connectivity index (χ1n) is 16.3. The number of cyclic esters (lactones) is 1. The summed E-state index contributed by atoms with van der Waals surface area (Å²) in [5.74, 6) is -2.18. The Bertz CT molecular complexity index is 837. The smallest absolute Gasteiger partial charge is 0.378 e. The van der Waals surface area contributed by atoms with Gasteiger partial charge in [0.2, 0.25) is 17.7 Å². The van der Waals surface area contributed by atoms with Crippen molar-refractivity contribution in [1.29, 1.82) is 0 Å². The summed E-state index contributed by atoms with van der Waals surface area (Å²) in [6.07, 6.45) is 3.98. The summed E-state index contributed by atoms with van der Waals surface area (Å²) >= 11 is 0. The van der Waals surface area contributed by atoms with E-state index in [0.717, 1.165) is 25.7 Å². The van der Waals surface area contributed by atoms with E-state index in [9.17, 15) is 45.6 Å². The Balaban J connectivity index is 1.99. The van der Waals surface area contributed by atoms with Gasteiger partial charge >= 0.3 is 5.97 Å². The standard InChI is InChI=1S/C31H56O13/c1-2-3-4-5-6-7-8-9-10-11-12-13-14-15-16-41-28-27(43-30-26(39)25(38)24(37)22(19-33)42-30)29(40)44-31(28,23(36)20-34)17-21(35)18-32/h21-26,30,32-39H,2-20H2,1H3/t21?,22-,23+,24-,25+,26-,30?,31-/m1/s1. The van der Waals surface area contributed by atoms with Crippen LogP contribution in [0.5, 0.6) is 0 Å². The lowest BCUT2D eigenvalue weighted by Crippen LogP contribution is -2.59. The first-order chi connectivity index (χ1) is 21.2. The number of carbonyl (C=O) groups is 1. The summed E-state index contributed by atoms with van der Waals surface area (Å²) in [4.78, 5) is 13.0. The van der Waals surface area contributed by atoms with Crippen molar-refractivity contribution in [2.75, 3.05) is 26.4 Å². The van der Waals surface area contributed by atoms with Gasteiger partial charge in [-0.1, -0.05) is 90.4 Å². The van der Waals surface area contributed by atoms with Crippen molar-refractivity contribution in [2.45, 2.75) is 152 Å². The number of aliphatic hydroxyl groups is 8. The summed E-state index contributed by atoms with van der Waals surface area (Å²) in [6, 6.07) is 0. The molecule has 0 amide bonds. The van der Waals surface area contributed by atoms with Crippen LogP contribution < -0.4 is 0 Å². The van der Waals surface area contributed by atoms with Gasteiger partial charge in [0.25, 0.3) is 0 Å².